The average molecular weight is 371 g/mol. The van der Waals surface area contributed by atoms with Crippen LogP contribution in [0.5, 0.6) is 0 Å². The summed E-state index contributed by atoms with van der Waals surface area (Å²) in [6.07, 6.45) is 3.45. The molecule has 0 spiro atoms. The topological polar surface area (TPSA) is 61.4 Å². The van der Waals surface area contributed by atoms with Crippen molar-refractivity contribution in [1.29, 1.82) is 0 Å². The second-order valence-corrected chi connectivity index (χ2v) is 7.07. The minimum absolute atomic E-state index is 0.00792. The van der Waals surface area contributed by atoms with Crippen molar-refractivity contribution in [3.05, 3.63) is 54.1 Å². The van der Waals surface area contributed by atoms with E-state index >= 15 is 0 Å². The van der Waals surface area contributed by atoms with Crippen LogP contribution in [0.4, 0.5) is 10.3 Å². The third-order valence-electron chi connectivity index (χ3n) is 4.84. The number of nitrogens with one attached hydrogen (secondary N) is 1. The van der Waals surface area contributed by atoms with Crippen LogP contribution < -0.4 is 10.2 Å². The Morgan fingerprint density at radius 2 is 1.74 bits per heavy atom. The molecule has 2 aromatic rings. The van der Waals surface area contributed by atoms with Gasteiger partial charge in [-0.3, -0.25) is 4.79 Å². The monoisotopic (exact) mass is 371 g/mol. The molecule has 1 N–H and O–H groups in total. The number of halogens is 1. The molecule has 6 nitrogen and oxygen atoms in total. The summed E-state index contributed by atoms with van der Waals surface area (Å²) in [4.78, 5) is 25.1. The number of nitrogens with zero attached hydrogens (tertiary/aromatic N) is 4. The maximum Gasteiger partial charge on any atom is 0.236 e. The Hall–Kier alpha value is -2.54. The van der Waals surface area contributed by atoms with E-state index < -0.39 is 0 Å². The number of hydrogen-bond donors (Lipinski definition) is 1. The highest BCUT2D eigenvalue weighted by molar-refractivity contribution is 5.78. The van der Waals surface area contributed by atoms with Gasteiger partial charge in [-0.1, -0.05) is 26.0 Å². The molecule has 1 aliphatic rings. The highest BCUT2D eigenvalue weighted by Gasteiger charge is 2.23. The summed E-state index contributed by atoms with van der Waals surface area (Å²) < 4.78 is 13.2. The van der Waals surface area contributed by atoms with Crippen LogP contribution in [0, 0.1) is 11.7 Å². The fourth-order valence-electron chi connectivity index (χ4n) is 3.33. The molecule has 0 radical (unpaired) electrons. The molecule has 0 bridgehead atoms. The predicted molar refractivity (Wildman–Crippen MR) is 103 cm³/mol. The summed E-state index contributed by atoms with van der Waals surface area (Å²) in [5.41, 5.74) is 0.991. The third kappa shape index (κ3) is 5.01. The molecule has 0 saturated carbocycles. The SMILES string of the molecule is CC(C)C(NCC(=O)N1CCN(c2ncccn2)CC1)c1ccc(F)cc1. The summed E-state index contributed by atoms with van der Waals surface area (Å²) >= 11 is 0. The van der Waals surface area contributed by atoms with Gasteiger partial charge in [0.05, 0.1) is 6.54 Å². The molecule has 1 atom stereocenters. The Morgan fingerprint density at radius 1 is 1.11 bits per heavy atom. The first-order valence-corrected chi connectivity index (χ1v) is 9.33. The standard InChI is InChI=1S/C20H26FN5O/c1-15(2)19(16-4-6-17(21)7-5-16)24-14-18(27)25-10-12-26(13-11-25)20-22-8-3-9-23-20/h3-9,15,19,24H,10-14H2,1-2H3. The lowest BCUT2D eigenvalue weighted by atomic mass is 9.96. The Kier molecular flexibility index (Phi) is 6.34. The van der Waals surface area contributed by atoms with E-state index in [0.29, 0.717) is 19.0 Å². The van der Waals surface area contributed by atoms with E-state index in [1.165, 1.54) is 12.1 Å². The number of aromatic nitrogens is 2. The fraction of sp³-hybridized carbons (Fsp3) is 0.450. The zero-order chi connectivity index (χ0) is 19.2. The van der Waals surface area contributed by atoms with Crippen molar-refractivity contribution in [2.75, 3.05) is 37.6 Å². The fourth-order valence-corrected chi connectivity index (χ4v) is 3.33. The molecule has 1 aromatic heterocycles. The number of carbonyl (C=O) groups is 1. The van der Waals surface area contributed by atoms with Crippen LogP contribution >= 0.6 is 0 Å². The van der Waals surface area contributed by atoms with Crippen LogP contribution in [0.2, 0.25) is 0 Å². The Balaban J connectivity index is 1.52. The molecule has 2 heterocycles. The van der Waals surface area contributed by atoms with Gasteiger partial charge in [0.25, 0.3) is 0 Å². The van der Waals surface area contributed by atoms with Crippen molar-refractivity contribution in [1.82, 2.24) is 20.2 Å². The molecule has 0 aliphatic carbocycles. The maximum atomic E-state index is 13.2. The minimum atomic E-state index is -0.252. The molecule has 1 aliphatic heterocycles. The summed E-state index contributed by atoms with van der Waals surface area (Å²) in [5, 5.41) is 3.34. The molecular formula is C20H26FN5O. The highest BCUT2D eigenvalue weighted by Crippen LogP contribution is 2.21. The van der Waals surface area contributed by atoms with Gasteiger partial charge in [0.1, 0.15) is 5.82 Å². The number of anilines is 1. The molecule has 144 valence electrons. The van der Waals surface area contributed by atoms with Crippen LogP contribution in [-0.4, -0.2) is 53.5 Å². The summed E-state index contributed by atoms with van der Waals surface area (Å²) in [5.74, 6) is 0.822. The van der Waals surface area contributed by atoms with E-state index in [1.54, 1.807) is 30.6 Å². The van der Waals surface area contributed by atoms with Crippen molar-refractivity contribution in [2.24, 2.45) is 5.92 Å². The Morgan fingerprint density at radius 3 is 2.33 bits per heavy atom. The lowest BCUT2D eigenvalue weighted by Gasteiger charge is -2.35. The summed E-state index contributed by atoms with van der Waals surface area (Å²) in [7, 11) is 0. The van der Waals surface area contributed by atoms with Gasteiger partial charge < -0.3 is 15.1 Å². The second kappa shape index (κ2) is 8.90. The molecule has 27 heavy (non-hydrogen) atoms. The molecular weight excluding hydrogens is 345 g/mol. The van der Waals surface area contributed by atoms with Gasteiger partial charge >= 0.3 is 0 Å². The number of piperazine rings is 1. The van der Waals surface area contributed by atoms with Gasteiger partial charge in [0.15, 0.2) is 0 Å². The van der Waals surface area contributed by atoms with Crippen molar-refractivity contribution in [3.8, 4) is 0 Å². The van der Waals surface area contributed by atoms with Gasteiger partial charge in [-0.25, -0.2) is 14.4 Å². The quantitative estimate of drug-likeness (QED) is 0.844. The number of rotatable bonds is 6. The van der Waals surface area contributed by atoms with Gasteiger partial charge in [0, 0.05) is 44.6 Å². The first-order valence-electron chi connectivity index (χ1n) is 9.33. The van der Waals surface area contributed by atoms with Crippen molar-refractivity contribution in [3.63, 3.8) is 0 Å². The smallest absolute Gasteiger partial charge is 0.236 e. The summed E-state index contributed by atoms with van der Waals surface area (Å²) in [6, 6.07) is 8.26. The van der Waals surface area contributed by atoms with Crippen LogP contribution in [0.15, 0.2) is 42.7 Å². The van der Waals surface area contributed by atoms with E-state index in [0.717, 1.165) is 18.7 Å². The number of hydrogen-bond acceptors (Lipinski definition) is 5. The van der Waals surface area contributed by atoms with Crippen molar-refractivity contribution >= 4 is 11.9 Å². The van der Waals surface area contributed by atoms with E-state index in [-0.39, 0.29) is 30.2 Å². The Bertz CT molecular complexity index is 730. The van der Waals surface area contributed by atoms with E-state index in [1.807, 2.05) is 4.90 Å². The van der Waals surface area contributed by atoms with Gasteiger partial charge in [-0.2, -0.15) is 0 Å². The van der Waals surface area contributed by atoms with E-state index in [2.05, 4.69) is 34.0 Å². The van der Waals surface area contributed by atoms with Crippen molar-refractivity contribution < 1.29 is 9.18 Å². The maximum absolute atomic E-state index is 13.2. The number of benzene rings is 1. The zero-order valence-corrected chi connectivity index (χ0v) is 15.8. The van der Waals surface area contributed by atoms with Gasteiger partial charge in [-0.15, -0.1) is 0 Å². The molecule has 1 saturated heterocycles. The number of amides is 1. The van der Waals surface area contributed by atoms with Crippen molar-refractivity contribution in [2.45, 2.75) is 19.9 Å². The lowest BCUT2D eigenvalue weighted by molar-refractivity contribution is -0.130. The first kappa shape index (κ1) is 19.2. The van der Waals surface area contributed by atoms with Gasteiger partial charge in [-0.05, 0) is 29.7 Å². The summed E-state index contributed by atoms with van der Waals surface area (Å²) in [6.45, 7) is 7.20. The van der Waals surface area contributed by atoms with Gasteiger partial charge in [0.2, 0.25) is 11.9 Å². The van der Waals surface area contributed by atoms with E-state index in [4.69, 9.17) is 0 Å². The van der Waals surface area contributed by atoms with Crippen LogP contribution in [-0.2, 0) is 4.79 Å². The highest BCUT2D eigenvalue weighted by atomic mass is 19.1. The third-order valence-corrected chi connectivity index (χ3v) is 4.84. The number of carbonyl (C=O) groups excluding carboxylic acids is 1. The largest absolute Gasteiger partial charge is 0.338 e. The van der Waals surface area contributed by atoms with Crippen LogP contribution in [0.3, 0.4) is 0 Å². The van der Waals surface area contributed by atoms with Crippen LogP contribution in [0.1, 0.15) is 25.5 Å². The zero-order valence-electron chi connectivity index (χ0n) is 15.8. The average Bonchev–Trinajstić information content (AvgIpc) is 2.70. The Labute approximate surface area is 159 Å². The predicted octanol–water partition coefficient (Wildman–Crippen LogP) is 2.25. The normalized spacial score (nSPS) is 15.9. The molecule has 1 amide bonds. The lowest BCUT2D eigenvalue weighted by Crippen LogP contribution is -2.51. The minimum Gasteiger partial charge on any atom is -0.338 e. The molecule has 1 aromatic carbocycles. The molecule has 1 unspecified atom stereocenters. The first-order chi connectivity index (χ1) is 13.0. The molecule has 7 heteroatoms. The molecule has 3 rings (SSSR count). The second-order valence-electron chi connectivity index (χ2n) is 7.07. The van der Waals surface area contributed by atoms with Crippen LogP contribution in [0.25, 0.3) is 0 Å². The molecule has 1 fully saturated rings. The van der Waals surface area contributed by atoms with E-state index in [9.17, 15) is 9.18 Å².